The van der Waals surface area contributed by atoms with E-state index >= 15 is 0 Å². The van der Waals surface area contributed by atoms with Crippen molar-refractivity contribution in [2.75, 3.05) is 0 Å². The first-order valence-electron chi connectivity index (χ1n) is 6.09. The number of furan rings is 1. The molecule has 0 fully saturated rings. The van der Waals surface area contributed by atoms with E-state index in [1.807, 2.05) is 24.3 Å². The Labute approximate surface area is 125 Å². The van der Waals surface area contributed by atoms with Gasteiger partial charge in [0.1, 0.15) is 0 Å². The van der Waals surface area contributed by atoms with Gasteiger partial charge in [-0.05, 0) is 29.8 Å². The molecule has 1 heterocycles. The summed E-state index contributed by atoms with van der Waals surface area (Å²) in [5, 5.41) is 1.99. The summed E-state index contributed by atoms with van der Waals surface area (Å²) in [6.07, 6.45) is 0.272. The van der Waals surface area contributed by atoms with Crippen LogP contribution in [0.3, 0.4) is 0 Å². The first-order chi connectivity index (χ1) is 9.63. The number of benzene rings is 2. The zero-order valence-electron chi connectivity index (χ0n) is 10.4. The molecule has 2 aromatic carbocycles. The van der Waals surface area contributed by atoms with Gasteiger partial charge in [0, 0.05) is 16.8 Å². The molecule has 0 aliphatic heterocycles. The SMILES string of the molecule is O=C(Cc1ccc(Cl)cc1)c1cc2cccc(Cl)c2o1. The number of para-hydroxylation sites is 1. The average molecular weight is 305 g/mol. The van der Waals surface area contributed by atoms with E-state index in [4.69, 9.17) is 27.6 Å². The smallest absolute Gasteiger partial charge is 0.202 e. The lowest BCUT2D eigenvalue weighted by Gasteiger charge is -1.98. The van der Waals surface area contributed by atoms with Gasteiger partial charge < -0.3 is 4.42 Å². The van der Waals surface area contributed by atoms with Crippen LogP contribution in [0.2, 0.25) is 10.0 Å². The maximum atomic E-state index is 12.2. The minimum absolute atomic E-state index is 0.0837. The summed E-state index contributed by atoms with van der Waals surface area (Å²) >= 11 is 11.9. The third kappa shape index (κ3) is 2.58. The van der Waals surface area contributed by atoms with Crippen molar-refractivity contribution in [3.8, 4) is 0 Å². The van der Waals surface area contributed by atoms with E-state index in [1.165, 1.54) is 0 Å². The molecule has 0 saturated heterocycles. The number of fused-ring (bicyclic) bond motifs is 1. The maximum absolute atomic E-state index is 12.2. The predicted molar refractivity (Wildman–Crippen MR) is 80.7 cm³/mol. The molecular formula is C16H10Cl2O2. The second-order valence-electron chi connectivity index (χ2n) is 4.50. The van der Waals surface area contributed by atoms with Crippen LogP contribution < -0.4 is 0 Å². The minimum Gasteiger partial charge on any atom is -0.451 e. The van der Waals surface area contributed by atoms with Crippen LogP contribution >= 0.6 is 23.2 Å². The minimum atomic E-state index is -0.0837. The Bertz CT molecular complexity index is 773. The molecule has 0 aliphatic rings. The van der Waals surface area contributed by atoms with Crippen molar-refractivity contribution in [3.63, 3.8) is 0 Å². The van der Waals surface area contributed by atoms with Gasteiger partial charge in [0.15, 0.2) is 11.3 Å². The number of hydrogen-bond donors (Lipinski definition) is 0. The Morgan fingerprint density at radius 2 is 1.80 bits per heavy atom. The first kappa shape index (κ1) is 13.2. The standard InChI is InChI=1S/C16H10Cl2O2/c17-12-6-4-10(5-7-12)8-14(19)15-9-11-2-1-3-13(18)16(11)20-15/h1-7,9H,8H2. The summed E-state index contributed by atoms with van der Waals surface area (Å²) in [6, 6.07) is 14.3. The highest BCUT2D eigenvalue weighted by molar-refractivity contribution is 6.34. The van der Waals surface area contributed by atoms with E-state index in [-0.39, 0.29) is 12.2 Å². The number of carbonyl (C=O) groups is 1. The summed E-state index contributed by atoms with van der Waals surface area (Å²) in [7, 11) is 0. The van der Waals surface area contributed by atoms with Gasteiger partial charge in [0.2, 0.25) is 5.78 Å². The van der Waals surface area contributed by atoms with E-state index in [0.29, 0.717) is 21.4 Å². The Balaban J connectivity index is 1.89. The van der Waals surface area contributed by atoms with E-state index in [0.717, 1.165) is 10.9 Å². The largest absolute Gasteiger partial charge is 0.451 e. The van der Waals surface area contributed by atoms with Crippen molar-refractivity contribution in [1.82, 2.24) is 0 Å². The highest BCUT2D eigenvalue weighted by Gasteiger charge is 2.14. The van der Waals surface area contributed by atoms with E-state index < -0.39 is 0 Å². The fraction of sp³-hybridized carbons (Fsp3) is 0.0625. The quantitative estimate of drug-likeness (QED) is 0.625. The number of carbonyl (C=O) groups excluding carboxylic acids is 1. The zero-order chi connectivity index (χ0) is 14.1. The Morgan fingerprint density at radius 1 is 1.05 bits per heavy atom. The molecule has 4 heteroatoms. The summed E-state index contributed by atoms with van der Waals surface area (Å²) in [6.45, 7) is 0. The molecule has 100 valence electrons. The van der Waals surface area contributed by atoms with Gasteiger partial charge in [-0.3, -0.25) is 4.79 Å². The van der Waals surface area contributed by atoms with Crippen LogP contribution in [0.1, 0.15) is 16.1 Å². The lowest BCUT2D eigenvalue weighted by Crippen LogP contribution is -2.01. The van der Waals surface area contributed by atoms with Crippen LogP contribution in [0.5, 0.6) is 0 Å². The van der Waals surface area contributed by atoms with Gasteiger partial charge in [-0.25, -0.2) is 0 Å². The normalized spacial score (nSPS) is 10.9. The number of rotatable bonds is 3. The van der Waals surface area contributed by atoms with Gasteiger partial charge in [-0.15, -0.1) is 0 Å². The summed E-state index contributed by atoms with van der Waals surface area (Å²) < 4.78 is 5.55. The summed E-state index contributed by atoms with van der Waals surface area (Å²) in [5.74, 6) is 0.239. The molecule has 0 atom stereocenters. The van der Waals surface area contributed by atoms with Crippen LogP contribution in [0, 0.1) is 0 Å². The molecule has 0 bridgehead atoms. The van der Waals surface area contributed by atoms with Crippen molar-refractivity contribution in [2.24, 2.45) is 0 Å². The van der Waals surface area contributed by atoms with E-state index in [2.05, 4.69) is 0 Å². The molecule has 20 heavy (non-hydrogen) atoms. The third-order valence-electron chi connectivity index (χ3n) is 3.05. The summed E-state index contributed by atoms with van der Waals surface area (Å²) in [4.78, 5) is 12.2. The first-order valence-corrected chi connectivity index (χ1v) is 6.85. The Kier molecular flexibility index (Phi) is 3.51. The van der Waals surface area contributed by atoms with E-state index in [1.54, 1.807) is 24.3 Å². The van der Waals surface area contributed by atoms with Gasteiger partial charge in [0.25, 0.3) is 0 Å². The number of halogens is 2. The van der Waals surface area contributed by atoms with Crippen molar-refractivity contribution in [2.45, 2.75) is 6.42 Å². The molecule has 0 amide bonds. The van der Waals surface area contributed by atoms with Crippen LogP contribution in [0.15, 0.2) is 52.9 Å². The van der Waals surface area contributed by atoms with Gasteiger partial charge >= 0.3 is 0 Å². The number of hydrogen-bond acceptors (Lipinski definition) is 2. The highest BCUT2D eigenvalue weighted by atomic mass is 35.5. The van der Waals surface area contributed by atoms with Crippen molar-refractivity contribution in [3.05, 3.63) is 69.9 Å². The maximum Gasteiger partial charge on any atom is 0.202 e. The fourth-order valence-corrected chi connectivity index (χ4v) is 2.39. The molecule has 0 unspecified atom stereocenters. The van der Waals surface area contributed by atoms with Crippen molar-refractivity contribution in [1.29, 1.82) is 0 Å². The molecule has 0 aliphatic carbocycles. The molecule has 0 saturated carbocycles. The zero-order valence-corrected chi connectivity index (χ0v) is 11.9. The molecule has 0 N–H and O–H groups in total. The molecule has 2 nitrogen and oxygen atoms in total. The monoisotopic (exact) mass is 304 g/mol. The highest BCUT2D eigenvalue weighted by Crippen LogP contribution is 2.27. The number of Topliss-reactive ketones (excluding diaryl/α,β-unsaturated/α-hetero) is 1. The molecule has 3 rings (SSSR count). The topological polar surface area (TPSA) is 30.2 Å². The summed E-state index contributed by atoms with van der Waals surface area (Å²) in [5.41, 5.74) is 1.44. The molecule has 3 aromatic rings. The molecule has 1 aromatic heterocycles. The van der Waals surface area contributed by atoms with Crippen LogP contribution in [-0.4, -0.2) is 5.78 Å². The fourth-order valence-electron chi connectivity index (χ4n) is 2.04. The lowest BCUT2D eigenvalue weighted by atomic mass is 10.1. The third-order valence-corrected chi connectivity index (χ3v) is 3.60. The van der Waals surface area contributed by atoms with Crippen LogP contribution in [0.4, 0.5) is 0 Å². The second kappa shape index (κ2) is 5.31. The van der Waals surface area contributed by atoms with Crippen molar-refractivity contribution >= 4 is 40.0 Å². The van der Waals surface area contributed by atoms with Gasteiger partial charge in [-0.2, -0.15) is 0 Å². The lowest BCUT2D eigenvalue weighted by molar-refractivity contribution is 0.0968. The Morgan fingerprint density at radius 3 is 2.50 bits per heavy atom. The molecule has 0 spiro atoms. The van der Waals surface area contributed by atoms with Crippen molar-refractivity contribution < 1.29 is 9.21 Å². The second-order valence-corrected chi connectivity index (χ2v) is 5.34. The Hall–Kier alpha value is -1.77. The van der Waals surface area contributed by atoms with Crippen LogP contribution in [-0.2, 0) is 6.42 Å². The van der Waals surface area contributed by atoms with Crippen LogP contribution in [0.25, 0.3) is 11.0 Å². The van der Waals surface area contributed by atoms with Gasteiger partial charge in [-0.1, -0.05) is 47.5 Å². The van der Waals surface area contributed by atoms with E-state index in [9.17, 15) is 4.79 Å². The average Bonchev–Trinajstić information content (AvgIpc) is 2.87. The molecule has 0 radical (unpaired) electrons. The number of ketones is 1. The molecular weight excluding hydrogens is 295 g/mol. The van der Waals surface area contributed by atoms with Gasteiger partial charge in [0.05, 0.1) is 5.02 Å². The predicted octanol–water partition coefficient (Wildman–Crippen LogP) is 5.17.